The number of hydrogen-bond donors (Lipinski definition) is 1. The third kappa shape index (κ3) is 7.70. The van der Waals surface area contributed by atoms with Gasteiger partial charge in [-0.25, -0.2) is 0 Å². The van der Waals surface area contributed by atoms with Gasteiger partial charge >= 0.3 is 0 Å². The Balaban J connectivity index is 1.62. The van der Waals surface area contributed by atoms with E-state index in [0.717, 1.165) is 29.9 Å². The minimum Gasteiger partial charge on any atom is -0.352 e. The molecule has 0 spiro atoms. The first-order valence-corrected chi connectivity index (χ1v) is 13.1. The first-order chi connectivity index (χ1) is 15.7. The molecule has 32 heavy (non-hydrogen) atoms. The van der Waals surface area contributed by atoms with Crippen LogP contribution < -0.4 is 5.32 Å². The molecule has 1 N–H and O–H groups in total. The van der Waals surface area contributed by atoms with Crippen molar-refractivity contribution in [2.45, 2.75) is 76.3 Å². The van der Waals surface area contributed by atoms with Crippen molar-refractivity contribution < 1.29 is 9.59 Å². The molecule has 1 saturated carbocycles. The Labute approximate surface area is 197 Å². The molecule has 0 aromatic heterocycles. The number of carbonyl (C=O) groups excluding carboxylic acids is 2. The largest absolute Gasteiger partial charge is 0.352 e. The molecule has 1 unspecified atom stereocenters. The topological polar surface area (TPSA) is 49.4 Å². The number of hydrogen-bond acceptors (Lipinski definition) is 3. The molecular weight excluding hydrogens is 416 g/mol. The molecule has 1 aliphatic rings. The van der Waals surface area contributed by atoms with Crippen LogP contribution in [0.3, 0.4) is 0 Å². The highest BCUT2D eigenvalue weighted by Gasteiger charge is 2.30. The highest BCUT2D eigenvalue weighted by atomic mass is 32.2. The molecule has 2 aromatic carbocycles. The number of carbonyl (C=O) groups is 2. The lowest BCUT2D eigenvalue weighted by Gasteiger charge is -2.33. The fourth-order valence-electron chi connectivity index (χ4n) is 4.31. The Bertz CT molecular complexity index is 822. The lowest BCUT2D eigenvalue weighted by atomic mass is 9.95. The summed E-state index contributed by atoms with van der Waals surface area (Å²) >= 11 is 1.77. The Morgan fingerprint density at radius 2 is 1.59 bits per heavy atom. The summed E-state index contributed by atoms with van der Waals surface area (Å²) in [4.78, 5) is 28.3. The maximum absolute atomic E-state index is 13.3. The number of nitrogens with one attached hydrogen (secondary N) is 1. The van der Waals surface area contributed by atoms with Crippen molar-refractivity contribution >= 4 is 23.6 Å². The van der Waals surface area contributed by atoms with Gasteiger partial charge in [0.15, 0.2) is 0 Å². The third-order valence-corrected chi connectivity index (χ3v) is 7.14. The zero-order valence-electron chi connectivity index (χ0n) is 19.2. The molecule has 172 valence electrons. The SMILES string of the molecule is CCC(C(=O)NC1CCCCC1)N(Cc1ccccc1)C(=O)CCSCc1ccccc1. The van der Waals surface area contributed by atoms with E-state index in [-0.39, 0.29) is 17.9 Å². The fraction of sp³-hybridized carbons (Fsp3) is 0.481. The first kappa shape index (κ1) is 24.4. The normalized spacial score (nSPS) is 15.2. The van der Waals surface area contributed by atoms with Crippen LogP contribution in [0.5, 0.6) is 0 Å². The summed E-state index contributed by atoms with van der Waals surface area (Å²) in [5, 5.41) is 3.24. The second kappa shape index (κ2) is 13.3. The molecular formula is C27H36N2O2S. The van der Waals surface area contributed by atoms with E-state index in [1.165, 1.54) is 24.8 Å². The molecule has 2 amide bonds. The van der Waals surface area contributed by atoms with Crippen LogP contribution in [0, 0.1) is 0 Å². The molecule has 0 heterocycles. The predicted octanol–water partition coefficient (Wildman–Crippen LogP) is 5.57. The number of nitrogens with zero attached hydrogens (tertiary/aromatic N) is 1. The molecule has 2 aromatic rings. The third-order valence-electron chi connectivity index (χ3n) is 6.11. The van der Waals surface area contributed by atoms with Crippen LogP contribution in [0.4, 0.5) is 0 Å². The van der Waals surface area contributed by atoms with E-state index in [2.05, 4.69) is 17.4 Å². The van der Waals surface area contributed by atoms with Gasteiger partial charge in [-0.1, -0.05) is 86.8 Å². The van der Waals surface area contributed by atoms with Crippen LogP contribution in [0.2, 0.25) is 0 Å². The Hall–Kier alpha value is -2.27. The highest BCUT2D eigenvalue weighted by molar-refractivity contribution is 7.98. The lowest BCUT2D eigenvalue weighted by Crippen LogP contribution is -2.51. The van der Waals surface area contributed by atoms with Gasteiger partial charge in [0.2, 0.25) is 11.8 Å². The van der Waals surface area contributed by atoms with Crippen molar-refractivity contribution in [2.75, 3.05) is 5.75 Å². The van der Waals surface area contributed by atoms with E-state index in [4.69, 9.17) is 0 Å². The van der Waals surface area contributed by atoms with Crippen LogP contribution in [0.15, 0.2) is 60.7 Å². The first-order valence-electron chi connectivity index (χ1n) is 11.9. The van der Waals surface area contributed by atoms with E-state index in [0.29, 0.717) is 19.4 Å². The standard InChI is InChI=1S/C27H36N2O2S/c1-2-25(27(31)28-24-16-10-5-11-17-24)29(20-22-12-6-3-7-13-22)26(30)18-19-32-21-23-14-8-4-9-15-23/h3-4,6-9,12-15,24-25H,2,5,10-11,16-21H2,1H3,(H,28,31). The zero-order chi connectivity index (χ0) is 22.6. The van der Waals surface area contributed by atoms with Gasteiger partial charge in [-0.3, -0.25) is 9.59 Å². The molecule has 1 fully saturated rings. The van der Waals surface area contributed by atoms with Crippen LogP contribution in [-0.4, -0.2) is 34.6 Å². The van der Waals surface area contributed by atoms with Gasteiger partial charge < -0.3 is 10.2 Å². The summed E-state index contributed by atoms with van der Waals surface area (Å²) in [7, 11) is 0. The molecule has 1 aliphatic carbocycles. The Morgan fingerprint density at radius 1 is 0.969 bits per heavy atom. The molecule has 0 bridgehead atoms. The predicted molar refractivity (Wildman–Crippen MR) is 133 cm³/mol. The van der Waals surface area contributed by atoms with Gasteiger partial charge in [0.1, 0.15) is 6.04 Å². The van der Waals surface area contributed by atoms with E-state index in [1.54, 1.807) is 16.7 Å². The molecule has 5 heteroatoms. The van der Waals surface area contributed by atoms with Crippen molar-refractivity contribution in [1.82, 2.24) is 10.2 Å². The summed E-state index contributed by atoms with van der Waals surface area (Å²) in [6, 6.07) is 20.1. The van der Waals surface area contributed by atoms with Gasteiger partial charge in [0.05, 0.1) is 0 Å². The minimum atomic E-state index is -0.427. The van der Waals surface area contributed by atoms with Crippen LogP contribution in [-0.2, 0) is 21.9 Å². The van der Waals surface area contributed by atoms with Crippen molar-refractivity contribution in [3.8, 4) is 0 Å². The van der Waals surface area contributed by atoms with Crippen molar-refractivity contribution in [1.29, 1.82) is 0 Å². The Kier molecular flexibility index (Phi) is 10.1. The second-order valence-corrected chi connectivity index (χ2v) is 9.67. The summed E-state index contributed by atoms with van der Waals surface area (Å²) in [5.41, 5.74) is 2.33. The van der Waals surface area contributed by atoms with Gasteiger partial charge in [0, 0.05) is 30.5 Å². The number of benzene rings is 2. The molecule has 3 rings (SSSR count). The molecule has 0 radical (unpaired) electrons. The molecule has 1 atom stereocenters. The highest BCUT2D eigenvalue weighted by Crippen LogP contribution is 2.20. The fourth-order valence-corrected chi connectivity index (χ4v) is 5.20. The van der Waals surface area contributed by atoms with Crippen molar-refractivity contribution in [3.63, 3.8) is 0 Å². The van der Waals surface area contributed by atoms with E-state index < -0.39 is 6.04 Å². The smallest absolute Gasteiger partial charge is 0.243 e. The quantitative estimate of drug-likeness (QED) is 0.454. The lowest BCUT2D eigenvalue weighted by molar-refractivity contribution is -0.141. The van der Waals surface area contributed by atoms with E-state index in [1.807, 2.05) is 55.5 Å². The summed E-state index contributed by atoms with van der Waals surface area (Å²) in [6.07, 6.45) is 6.75. The average Bonchev–Trinajstić information content (AvgIpc) is 2.83. The number of thioether (sulfide) groups is 1. The van der Waals surface area contributed by atoms with Gasteiger partial charge in [-0.05, 0) is 30.4 Å². The van der Waals surface area contributed by atoms with E-state index >= 15 is 0 Å². The molecule has 0 aliphatic heterocycles. The maximum atomic E-state index is 13.3. The Morgan fingerprint density at radius 3 is 2.22 bits per heavy atom. The minimum absolute atomic E-state index is 0.000574. The zero-order valence-corrected chi connectivity index (χ0v) is 20.0. The van der Waals surface area contributed by atoms with Crippen molar-refractivity contribution in [2.24, 2.45) is 0 Å². The summed E-state index contributed by atoms with van der Waals surface area (Å²) in [6.45, 7) is 2.47. The summed E-state index contributed by atoms with van der Waals surface area (Å²) < 4.78 is 0. The van der Waals surface area contributed by atoms with Gasteiger partial charge in [0.25, 0.3) is 0 Å². The molecule has 0 saturated heterocycles. The number of rotatable bonds is 11. The molecule has 4 nitrogen and oxygen atoms in total. The van der Waals surface area contributed by atoms with Crippen LogP contribution >= 0.6 is 11.8 Å². The maximum Gasteiger partial charge on any atom is 0.243 e. The van der Waals surface area contributed by atoms with Crippen LogP contribution in [0.25, 0.3) is 0 Å². The van der Waals surface area contributed by atoms with Crippen LogP contribution in [0.1, 0.15) is 63.0 Å². The number of amides is 2. The van der Waals surface area contributed by atoms with Gasteiger partial charge in [-0.2, -0.15) is 11.8 Å². The monoisotopic (exact) mass is 452 g/mol. The van der Waals surface area contributed by atoms with Gasteiger partial charge in [-0.15, -0.1) is 0 Å². The average molecular weight is 453 g/mol. The summed E-state index contributed by atoms with van der Waals surface area (Å²) in [5.74, 6) is 1.70. The van der Waals surface area contributed by atoms with E-state index in [9.17, 15) is 9.59 Å². The second-order valence-electron chi connectivity index (χ2n) is 8.56. The van der Waals surface area contributed by atoms with Crippen molar-refractivity contribution in [3.05, 3.63) is 71.8 Å².